The molecule has 0 spiro atoms. The van der Waals surface area contributed by atoms with Gasteiger partial charge in [0, 0.05) is 36.8 Å². The van der Waals surface area contributed by atoms with Gasteiger partial charge >= 0.3 is 0 Å². The minimum Gasteiger partial charge on any atom is -0.379 e. The molecule has 1 aliphatic heterocycles. The number of aromatic nitrogens is 1. The second-order valence-corrected chi connectivity index (χ2v) is 9.19. The average molecular weight is 444 g/mol. The van der Waals surface area contributed by atoms with Gasteiger partial charge in [-0.05, 0) is 50.6 Å². The number of morpholine rings is 1. The first-order valence-electron chi connectivity index (χ1n) is 10.3. The summed E-state index contributed by atoms with van der Waals surface area (Å²) in [6.45, 7) is 9.06. The Labute approximate surface area is 186 Å². The van der Waals surface area contributed by atoms with Crippen LogP contribution in [0.25, 0.3) is 10.2 Å². The molecule has 0 bridgehead atoms. The first-order chi connectivity index (χ1) is 14.5. The Balaban J connectivity index is 1.59. The number of amides is 1. The molecule has 1 aliphatic rings. The lowest BCUT2D eigenvalue weighted by molar-refractivity contribution is 0.0376. The molecule has 2 heterocycles. The molecule has 3 aromatic rings. The van der Waals surface area contributed by atoms with Crippen LogP contribution in [-0.4, -0.2) is 55.2 Å². The molecule has 0 N–H and O–H groups in total. The molecule has 0 saturated carbocycles. The number of ether oxygens (including phenoxy) is 1. The molecule has 5 nitrogen and oxygen atoms in total. The molecule has 2 aromatic carbocycles. The summed E-state index contributed by atoms with van der Waals surface area (Å²) in [5, 5.41) is 1.40. The Bertz CT molecular complexity index is 1030. The Hall–Kier alpha value is -1.99. The second kappa shape index (κ2) is 9.43. The van der Waals surface area contributed by atoms with Crippen LogP contribution in [0.3, 0.4) is 0 Å². The number of thiazole rings is 1. The molecule has 1 amide bonds. The smallest absolute Gasteiger partial charge is 0.260 e. The standard InChI is InChI=1S/C23H26ClN3O2S/c1-16-12-17(2)14-18(13-16)22(28)27(7-3-6-26-8-10-29-11-9-26)23-25-20-5-4-19(24)15-21(20)30-23/h4-5,12-15H,3,6-11H2,1-2H3. The number of nitrogens with zero attached hydrogens (tertiary/aromatic N) is 3. The summed E-state index contributed by atoms with van der Waals surface area (Å²) < 4.78 is 6.42. The Morgan fingerprint density at radius 2 is 1.90 bits per heavy atom. The number of carbonyl (C=O) groups excluding carboxylic acids is 1. The van der Waals surface area contributed by atoms with Crippen LogP contribution in [0.2, 0.25) is 5.02 Å². The zero-order chi connectivity index (χ0) is 21.1. The molecule has 30 heavy (non-hydrogen) atoms. The predicted molar refractivity (Wildman–Crippen MR) is 124 cm³/mol. The van der Waals surface area contributed by atoms with Crippen molar-refractivity contribution >= 4 is 44.2 Å². The lowest BCUT2D eigenvalue weighted by Gasteiger charge is -2.27. The fourth-order valence-electron chi connectivity index (χ4n) is 3.82. The predicted octanol–water partition coefficient (Wildman–Crippen LogP) is 4.94. The molecule has 1 aromatic heterocycles. The van der Waals surface area contributed by atoms with Gasteiger partial charge in [0.25, 0.3) is 5.91 Å². The topological polar surface area (TPSA) is 45.7 Å². The number of rotatable bonds is 6. The monoisotopic (exact) mass is 443 g/mol. The molecule has 7 heteroatoms. The highest BCUT2D eigenvalue weighted by molar-refractivity contribution is 7.22. The van der Waals surface area contributed by atoms with Crippen molar-refractivity contribution in [3.05, 3.63) is 58.1 Å². The zero-order valence-corrected chi connectivity index (χ0v) is 18.9. The highest BCUT2D eigenvalue weighted by Gasteiger charge is 2.22. The summed E-state index contributed by atoms with van der Waals surface area (Å²) >= 11 is 7.67. The fourth-order valence-corrected chi connectivity index (χ4v) is 5.08. The SMILES string of the molecule is Cc1cc(C)cc(C(=O)N(CCCN2CCOCC2)c2nc3ccc(Cl)cc3s2)c1. The summed E-state index contributed by atoms with van der Waals surface area (Å²) in [7, 11) is 0. The molecular formula is C23H26ClN3O2S. The maximum Gasteiger partial charge on any atom is 0.260 e. The lowest BCUT2D eigenvalue weighted by atomic mass is 10.1. The number of hydrogen-bond donors (Lipinski definition) is 0. The van der Waals surface area contributed by atoms with Crippen LogP contribution in [0, 0.1) is 13.8 Å². The van der Waals surface area contributed by atoms with Gasteiger partial charge in [-0.1, -0.05) is 40.1 Å². The third-order valence-corrected chi connectivity index (χ3v) is 6.52. The third-order valence-electron chi connectivity index (χ3n) is 5.24. The molecule has 158 valence electrons. The van der Waals surface area contributed by atoms with Gasteiger partial charge in [-0.3, -0.25) is 14.6 Å². The van der Waals surface area contributed by atoms with Crippen LogP contribution in [0.5, 0.6) is 0 Å². The van der Waals surface area contributed by atoms with Crippen LogP contribution < -0.4 is 4.90 Å². The normalized spacial score (nSPS) is 14.9. The molecule has 0 atom stereocenters. The van der Waals surface area contributed by atoms with Gasteiger partial charge in [-0.2, -0.15) is 0 Å². The third kappa shape index (κ3) is 5.01. The lowest BCUT2D eigenvalue weighted by Crippen LogP contribution is -2.39. The summed E-state index contributed by atoms with van der Waals surface area (Å²) in [5.74, 6) is -0.00562. The van der Waals surface area contributed by atoms with Crippen molar-refractivity contribution in [3.63, 3.8) is 0 Å². The molecule has 0 radical (unpaired) electrons. The fraction of sp³-hybridized carbons (Fsp3) is 0.391. The minimum absolute atomic E-state index is 0.00562. The van der Waals surface area contributed by atoms with E-state index >= 15 is 0 Å². The summed E-state index contributed by atoms with van der Waals surface area (Å²) in [6, 6.07) is 11.6. The van der Waals surface area contributed by atoms with Crippen molar-refractivity contribution in [2.45, 2.75) is 20.3 Å². The number of fused-ring (bicyclic) bond motifs is 1. The van der Waals surface area contributed by atoms with E-state index in [2.05, 4.69) is 11.0 Å². The Kier molecular flexibility index (Phi) is 6.68. The molecule has 4 rings (SSSR count). The number of halogens is 1. The van der Waals surface area contributed by atoms with Crippen LogP contribution in [0.15, 0.2) is 36.4 Å². The number of hydrogen-bond acceptors (Lipinski definition) is 5. The molecule has 1 fully saturated rings. The second-order valence-electron chi connectivity index (χ2n) is 7.75. The van der Waals surface area contributed by atoms with E-state index < -0.39 is 0 Å². The quantitative estimate of drug-likeness (QED) is 0.541. The van der Waals surface area contributed by atoms with E-state index in [0.29, 0.717) is 17.1 Å². The molecule has 0 aliphatic carbocycles. The van der Waals surface area contributed by atoms with Gasteiger partial charge in [-0.25, -0.2) is 4.98 Å². The van der Waals surface area contributed by atoms with Gasteiger partial charge in [0.1, 0.15) is 0 Å². The van der Waals surface area contributed by atoms with Crippen molar-refractivity contribution in [2.75, 3.05) is 44.3 Å². The van der Waals surface area contributed by atoms with Crippen molar-refractivity contribution in [2.24, 2.45) is 0 Å². The number of anilines is 1. The minimum atomic E-state index is -0.00562. The van der Waals surface area contributed by atoms with Crippen LogP contribution in [0.4, 0.5) is 5.13 Å². The van der Waals surface area contributed by atoms with E-state index in [0.717, 1.165) is 65.7 Å². The maximum atomic E-state index is 13.5. The summed E-state index contributed by atoms with van der Waals surface area (Å²) in [4.78, 5) is 22.5. The van der Waals surface area contributed by atoms with Crippen molar-refractivity contribution < 1.29 is 9.53 Å². The van der Waals surface area contributed by atoms with E-state index in [9.17, 15) is 4.79 Å². The maximum absolute atomic E-state index is 13.5. The Morgan fingerprint density at radius 1 is 1.17 bits per heavy atom. The first kappa shape index (κ1) is 21.2. The van der Waals surface area contributed by atoms with Crippen LogP contribution >= 0.6 is 22.9 Å². The van der Waals surface area contributed by atoms with E-state index in [1.165, 1.54) is 11.3 Å². The van der Waals surface area contributed by atoms with E-state index in [1.54, 1.807) is 0 Å². The van der Waals surface area contributed by atoms with E-state index in [4.69, 9.17) is 21.3 Å². The summed E-state index contributed by atoms with van der Waals surface area (Å²) in [5.41, 5.74) is 3.74. The largest absolute Gasteiger partial charge is 0.379 e. The molecule has 0 unspecified atom stereocenters. The Morgan fingerprint density at radius 3 is 2.63 bits per heavy atom. The van der Waals surface area contributed by atoms with Crippen LogP contribution in [0.1, 0.15) is 27.9 Å². The number of benzene rings is 2. The van der Waals surface area contributed by atoms with Crippen molar-refractivity contribution in [1.29, 1.82) is 0 Å². The van der Waals surface area contributed by atoms with Gasteiger partial charge in [0.2, 0.25) is 0 Å². The summed E-state index contributed by atoms with van der Waals surface area (Å²) in [6.07, 6.45) is 0.882. The van der Waals surface area contributed by atoms with Gasteiger partial charge in [0.15, 0.2) is 5.13 Å². The van der Waals surface area contributed by atoms with Crippen molar-refractivity contribution in [1.82, 2.24) is 9.88 Å². The van der Waals surface area contributed by atoms with Gasteiger partial charge in [0.05, 0.1) is 23.4 Å². The highest BCUT2D eigenvalue weighted by Crippen LogP contribution is 2.32. The van der Waals surface area contributed by atoms with Crippen molar-refractivity contribution in [3.8, 4) is 0 Å². The first-order valence-corrected chi connectivity index (χ1v) is 11.5. The van der Waals surface area contributed by atoms with E-state index in [-0.39, 0.29) is 5.91 Å². The zero-order valence-electron chi connectivity index (χ0n) is 17.4. The molecular weight excluding hydrogens is 418 g/mol. The molecule has 1 saturated heterocycles. The average Bonchev–Trinajstić information content (AvgIpc) is 3.13. The number of aryl methyl sites for hydroxylation is 2. The van der Waals surface area contributed by atoms with Gasteiger partial charge < -0.3 is 4.74 Å². The van der Waals surface area contributed by atoms with Gasteiger partial charge in [-0.15, -0.1) is 0 Å². The number of carbonyl (C=O) groups is 1. The highest BCUT2D eigenvalue weighted by atomic mass is 35.5. The van der Waals surface area contributed by atoms with Crippen LogP contribution in [-0.2, 0) is 4.74 Å². The van der Waals surface area contributed by atoms with E-state index in [1.807, 2.05) is 49.1 Å².